The molecule has 0 aromatic carbocycles. The number of nitrogens with two attached hydrogens (primary N) is 1. The first kappa shape index (κ1) is 11.5. The van der Waals surface area contributed by atoms with E-state index in [4.69, 9.17) is 5.73 Å². The molecule has 0 aromatic heterocycles. The van der Waals surface area contributed by atoms with Crippen molar-refractivity contribution in [2.75, 3.05) is 7.05 Å². The molecule has 0 aliphatic heterocycles. The molecule has 0 saturated heterocycles. The van der Waals surface area contributed by atoms with Crippen molar-refractivity contribution in [1.82, 2.24) is 5.32 Å². The summed E-state index contributed by atoms with van der Waals surface area (Å²) in [6, 6.07) is -0.0325. The molecule has 1 amide bonds. The number of nitrogens with one attached hydrogen (secondary N) is 1. The van der Waals surface area contributed by atoms with Crippen LogP contribution in [0.15, 0.2) is 0 Å². The quantitative estimate of drug-likeness (QED) is 0.580. The molecule has 0 spiro atoms. The molecular weight excluding hydrogens is 140 g/mol. The second kappa shape index (κ2) is 5.85. The molecule has 0 aliphatic rings. The highest BCUT2D eigenvalue weighted by molar-refractivity contribution is 5.85. The minimum atomic E-state index is -0.0325. The standard InChI is InChI=1S/C5H12N2O.ClH/c1-4(6)3-5(8)7-2;/h4H,3,6H2,1-2H3,(H,7,8);1H/t4-;/m0./s1. The second-order valence-electron chi connectivity index (χ2n) is 1.85. The lowest BCUT2D eigenvalue weighted by Gasteiger charge is -2.00. The van der Waals surface area contributed by atoms with E-state index < -0.39 is 0 Å². The third-order valence-corrected chi connectivity index (χ3v) is 0.786. The van der Waals surface area contributed by atoms with Crippen LogP contribution in [-0.2, 0) is 4.79 Å². The monoisotopic (exact) mass is 152 g/mol. The molecule has 9 heavy (non-hydrogen) atoms. The molecule has 4 heteroatoms. The van der Waals surface area contributed by atoms with Gasteiger partial charge in [-0.1, -0.05) is 0 Å². The predicted molar refractivity (Wildman–Crippen MR) is 39.6 cm³/mol. The summed E-state index contributed by atoms with van der Waals surface area (Å²) in [4.78, 5) is 10.4. The summed E-state index contributed by atoms with van der Waals surface area (Å²) in [5.74, 6) is 0.000000000000000222. The maximum atomic E-state index is 10.4. The maximum Gasteiger partial charge on any atom is 0.221 e. The van der Waals surface area contributed by atoms with Crippen molar-refractivity contribution >= 4 is 18.3 Å². The minimum Gasteiger partial charge on any atom is -0.359 e. The predicted octanol–water partition coefficient (Wildman–Crippen LogP) is -0.108. The second-order valence-corrected chi connectivity index (χ2v) is 1.85. The molecule has 0 aromatic rings. The summed E-state index contributed by atoms with van der Waals surface area (Å²) >= 11 is 0. The van der Waals surface area contributed by atoms with Gasteiger partial charge in [-0.15, -0.1) is 12.4 Å². The van der Waals surface area contributed by atoms with E-state index in [2.05, 4.69) is 5.32 Å². The lowest BCUT2D eigenvalue weighted by atomic mass is 10.2. The first-order valence-electron chi connectivity index (χ1n) is 2.63. The van der Waals surface area contributed by atoms with Gasteiger partial charge >= 0.3 is 0 Å². The zero-order valence-electron chi connectivity index (χ0n) is 5.68. The van der Waals surface area contributed by atoms with Crippen molar-refractivity contribution in [3.8, 4) is 0 Å². The zero-order chi connectivity index (χ0) is 6.57. The number of amides is 1. The van der Waals surface area contributed by atoms with Crippen LogP contribution >= 0.6 is 12.4 Å². The highest BCUT2D eigenvalue weighted by Crippen LogP contribution is 1.82. The van der Waals surface area contributed by atoms with Crippen LogP contribution in [-0.4, -0.2) is 19.0 Å². The van der Waals surface area contributed by atoms with E-state index in [9.17, 15) is 4.79 Å². The molecular formula is C5H13ClN2O. The molecule has 0 bridgehead atoms. The molecule has 56 valence electrons. The zero-order valence-corrected chi connectivity index (χ0v) is 6.49. The summed E-state index contributed by atoms with van der Waals surface area (Å²) in [6.07, 6.45) is 0.413. The van der Waals surface area contributed by atoms with Gasteiger partial charge in [-0.25, -0.2) is 0 Å². The van der Waals surface area contributed by atoms with Crippen molar-refractivity contribution in [1.29, 1.82) is 0 Å². The van der Waals surface area contributed by atoms with E-state index in [0.717, 1.165) is 0 Å². The highest BCUT2D eigenvalue weighted by Gasteiger charge is 1.99. The fraction of sp³-hybridized carbons (Fsp3) is 0.800. The summed E-state index contributed by atoms with van der Waals surface area (Å²) in [5, 5.41) is 2.48. The Kier molecular flexibility index (Phi) is 7.48. The van der Waals surface area contributed by atoms with E-state index >= 15 is 0 Å². The number of halogens is 1. The number of carbonyl (C=O) groups is 1. The van der Waals surface area contributed by atoms with Crippen molar-refractivity contribution in [2.24, 2.45) is 5.73 Å². The third kappa shape index (κ3) is 7.72. The van der Waals surface area contributed by atoms with Crippen LogP contribution in [0.1, 0.15) is 13.3 Å². The van der Waals surface area contributed by atoms with Crippen LogP contribution in [0.25, 0.3) is 0 Å². The molecule has 0 aliphatic carbocycles. The molecule has 1 atom stereocenters. The Bertz CT molecular complexity index is 85.0. The summed E-state index contributed by atoms with van der Waals surface area (Å²) in [6.45, 7) is 1.80. The van der Waals surface area contributed by atoms with Gasteiger partial charge in [0.05, 0.1) is 0 Å². The number of hydrogen-bond acceptors (Lipinski definition) is 2. The van der Waals surface area contributed by atoms with Gasteiger partial charge in [0.25, 0.3) is 0 Å². The normalized spacial score (nSPS) is 11.4. The molecule has 0 rings (SSSR count). The number of rotatable bonds is 2. The van der Waals surface area contributed by atoms with Crippen molar-refractivity contribution in [3.63, 3.8) is 0 Å². The number of carbonyl (C=O) groups excluding carboxylic acids is 1. The van der Waals surface area contributed by atoms with Crippen LogP contribution in [0, 0.1) is 0 Å². The van der Waals surface area contributed by atoms with E-state index in [1.54, 1.807) is 14.0 Å². The molecule has 3 N–H and O–H groups in total. The molecule has 0 radical (unpaired) electrons. The molecule has 0 unspecified atom stereocenters. The van der Waals surface area contributed by atoms with E-state index in [0.29, 0.717) is 6.42 Å². The fourth-order valence-corrected chi connectivity index (χ4v) is 0.394. The van der Waals surface area contributed by atoms with E-state index in [1.807, 2.05) is 0 Å². The lowest BCUT2D eigenvalue weighted by Crippen LogP contribution is -2.26. The van der Waals surface area contributed by atoms with Crippen LogP contribution in [0.5, 0.6) is 0 Å². The third-order valence-electron chi connectivity index (χ3n) is 0.786. The Morgan fingerprint density at radius 2 is 2.22 bits per heavy atom. The lowest BCUT2D eigenvalue weighted by molar-refractivity contribution is -0.120. The summed E-state index contributed by atoms with van der Waals surface area (Å²) in [5.41, 5.74) is 5.31. The van der Waals surface area contributed by atoms with Gasteiger partial charge in [-0.3, -0.25) is 4.79 Å². The largest absolute Gasteiger partial charge is 0.359 e. The Balaban J connectivity index is 0. The smallest absolute Gasteiger partial charge is 0.221 e. The SMILES string of the molecule is CNC(=O)C[C@H](C)N.Cl. The minimum absolute atomic E-state index is 0. The number of hydrogen-bond donors (Lipinski definition) is 2. The van der Waals surface area contributed by atoms with Crippen molar-refractivity contribution in [3.05, 3.63) is 0 Å². The van der Waals surface area contributed by atoms with Crippen molar-refractivity contribution < 1.29 is 4.79 Å². The van der Waals surface area contributed by atoms with E-state index in [1.165, 1.54) is 0 Å². The molecule has 0 fully saturated rings. The summed E-state index contributed by atoms with van der Waals surface area (Å²) < 4.78 is 0. The van der Waals surface area contributed by atoms with E-state index in [-0.39, 0.29) is 24.4 Å². The molecule has 0 saturated carbocycles. The molecule has 0 heterocycles. The maximum absolute atomic E-state index is 10.4. The Hall–Kier alpha value is -0.280. The first-order valence-corrected chi connectivity index (χ1v) is 2.63. The van der Waals surface area contributed by atoms with Crippen LogP contribution in [0.2, 0.25) is 0 Å². The molecule has 3 nitrogen and oxygen atoms in total. The van der Waals surface area contributed by atoms with Crippen LogP contribution < -0.4 is 11.1 Å². The summed E-state index contributed by atoms with van der Waals surface area (Å²) in [7, 11) is 1.60. The van der Waals surface area contributed by atoms with Crippen LogP contribution in [0.3, 0.4) is 0 Å². The van der Waals surface area contributed by atoms with Gasteiger partial charge in [-0.2, -0.15) is 0 Å². The van der Waals surface area contributed by atoms with Gasteiger partial charge in [0.2, 0.25) is 5.91 Å². The first-order chi connectivity index (χ1) is 3.66. The van der Waals surface area contributed by atoms with Crippen molar-refractivity contribution in [2.45, 2.75) is 19.4 Å². The van der Waals surface area contributed by atoms with Crippen LogP contribution in [0.4, 0.5) is 0 Å². The van der Waals surface area contributed by atoms with Gasteiger partial charge in [0.1, 0.15) is 0 Å². The average Bonchev–Trinajstić information content (AvgIpc) is 1.65. The van der Waals surface area contributed by atoms with Gasteiger partial charge in [0, 0.05) is 19.5 Å². The Labute approximate surface area is 61.4 Å². The topological polar surface area (TPSA) is 55.1 Å². The Morgan fingerprint density at radius 3 is 2.33 bits per heavy atom. The fourth-order valence-electron chi connectivity index (χ4n) is 0.394. The Morgan fingerprint density at radius 1 is 1.78 bits per heavy atom. The van der Waals surface area contributed by atoms with Gasteiger partial charge in [0.15, 0.2) is 0 Å². The average molecular weight is 153 g/mol. The van der Waals surface area contributed by atoms with Gasteiger partial charge < -0.3 is 11.1 Å². The van der Waals surface area contributed by atoms with Gasteiger partial charge in [-0.05, 0) is 6.92 Å². The highest BCUT2D eigenvalue weighted by atomic mass is 35.5.